The number of aryl methyl sites for hydroxylation is 1. The maximum Gasteiger partial charge on any atom is 0.241 e. The zero-order valence-electron chi connectivity index (χ0n) is 15.2. The van der Waals surface area contributed by atoms with Gasteiger partial charge in [-0.3, -0.25) is 0 Å². The van der Waals surface area contributed by atoms with Gasteiger partial charge in [-0.25, -0.2) is 17.5 Å². The van der Waals surface area contributed by atoms with Crippen LogP contribution >= 0.6 is 0 Å². The number of nitriles is 1. The normalized spacial score (nSPS) is 13.5. The van der Waals surface area contributed by atoms with Gasteiger partial charge in [0, 0.05) is 5.56 Å². The van der Waals surface area contributed by atoms with Crippen molar-refractivity contribution in [3.63, 3.8) is 0 Å². The summed E-state index contributed by atoms with van der Waals surface area (Å²) < 4.78 is 42.9. The molecule has 3 rings (SSSR count). The summed E-state index contributed by atoms with van der Waals surface area (Å²) in [5.74, 6) is -1.59. The maximum absolute atomic E-state index is 14.4. The number of hydrogen-bond acceptors (Lipinski definition) is 3. The Labute approximate surface area is 164 Å². The average molecular weight is 394 g/mol. The summed E-state index contributed by atoms with van der Waals surface area (Å²) in [7, 11) is -3.92. The smallest absolute Gasteiger partial charge is 0.207 e. The number of nitrogens with one attached hydrogen (secondary N) is 1. The van der Waals surface area contributed by atoms with Gasteiger partial charge < -0.3 is 0 Å². The van der Waals surface area contributed by atoms with Crippen LogP contribution in [-0.2, 0) is 10.0 Å². The molecular weight excluding hydrogens is 375 g/mol. The summed E-state index contributed by atoms with van der Waals surface area (Å²) in [4.78, 5) is 0.0873. The Morgan fingerprint density at radius 2 is 1.54 bits per heavy atom. The van der Waals surface area contributed by atoms with Crippen LogP contribution < -0.4 is 4.72 Å². The van der Waals surface area contributed by atoms with Crippen molar-refractivity contribution in [1.29, 1.82) is 5.26 Å². The highest BCUT2D eigenvalue weighted by atomic mass is 32.2. The summed E-state index contributed by atoms with van der Waals surface area (Å²) in [6, 6.07) is 22.2. The van der Waals surface area contributed by atoms with Crippen LogP contribution in [0.2, 0.25) is 0 Å². The van der Waals surface area contributed by atoms with Gasteiger partial charge in [0.2, 0.25) is 10.0 Å². The van der Waals surface area contributed by atoms with Crippen LogP contribution in [0.3, 0.4) is 0 Å². The molecule has 2 atom stereocenters. The molecule has 0 aliphatic carbocycles. The molecule has 0 aliphatic rings. The Balaban J connectivity index is 2.06. The number of benzene rings is 3. The van der Waals surface area contributed by atoms with E-state index in [-0.39, 0.29) is 10.5 Å². The minimum atomic E-state index is -3.92. The van der Waals surface area contributed by atoms with Gasteiger partial charge in [0.25, 0.3) is 0 Å². The first-order chi connectivity index (χ1) is 13.4. The second kappa shape index (κ2) is 8.34. The second-order valence-electron chi connectivity index (χ2n) is 6.45. The summed E-state index contributed by atoms with van der Waals surface area (Å²) in [5.41, 5.74) is 1.65. The largest absolute Gasteiger partial charge is 0.241 e. The van der Waals surface area contributed by atoms with Gasteiger partial charge in [0.15, 0.2) is 0 Å². The van der Waals surface area contributed by atoms with E-state index in [4.69, 9.17) is 0 Å². The molecule has 0 aliphatic heterocycles. The highest BCUT2D eigenvalue weighted by Crippen LogP contribution is 2.33. The quantitative estimate of drug-likeness (QED) is 0.671. The number of hydrogen-bond donors (Lipinski definition) is 1. The lowest BCUT2D eigenvalue weighted by Gasteiger charge is -2.24. The molecule has 0 amide bonds. The summed E-state index contributed by atoms with van der Waals surface area (Å²) >= 11 is 0. The van der Waals surface area contributed by atoms with Crippen molar-refractivity contribution >= 4 is 10.0 Å². The molecule has 0 saturated carbocycles. The summed E-state index contributed by atoms with van der Waals surface area (Å²) in [6.45, 7) is 1.86. The monoisotopic (exact) mass is 394 g/mol. The zero-order chi connectivity index (χ0) is 20.1. The van der Waals surface area contributed by atoms with Crippen LogP contribution in [0.5, 0.6) is 0 Å². The Morgan fingerprint density at radius 3 is 2.14 bits per heavy atom. The van der Waals surface area contributed by atoms with Crippen molar-refractivity contribution in [1.82, 2.24) is 4.72 Å². The maximum atomic E-state index is 14.4. The third kappa shape index (κ3) is 4.28. The first kappa shape index (κ1) is 19.7. The molecule has 0 heterocycles. The first-order valence-electron chi connectivity index (χ1n) is 8.70. The van der Waals surface area contributed by atoms with Crippen LogP contribution in [0.25, 0.3) is 0 Å². The van der Waals surface area contributed by atoms with Crippen molar-refractivity contribution in [2.45, 2.75) is 23.8 Å². The summed E-state index contributed by atoms with van der Waals surface area (Å²) in [6.07, 6.45) is 0. The fourth-order valence-corrected chi connectivity index (χ4v) is 4.23. The lowest BCUT2D eigenvalue weighted by molar-refractivity contribution is 0.522. The number of halogens is 1. The predicted molar refractivity (Wildman–Crippen MR) is 105 cm³/mol. The molecule has 0 fully saturated rings. The van der Waals surface area contributed by atoms with Gasteiger partial charge in [-0.1, -0.05) is 66.2 Å². The van der Waals surface area contributed by atoms with Crippen molar-refractivity contribution in [2.24, 2.45) is 0 Å². The van der Waals surface area contributed by atoms with E-state index in [0.29, 0.717) is 5.56 Å². The van der Waals surface area contributed by atoms with E-state index in [1.807, 2.05) is 6.92 Å². The fourth-order valence-electron chi connectivity index (χ4n) is 2.99. The van der Waals surface area contributed by atoms with Crippen LogP contribution in [0, 0.1) is 24.1 Å². The lowest BCUT2D eigenvalue weighted by Crippen LogP contribution is -2.32. The molecule has 0 bridgehead atoms. The standard InChI is InChI=1S/C22H19FN2O2S/c1-16-11-13-18(14-12-16)28(26,27)25-22(17-7-3-2-4-8-17)20(15-24)19-9-5-6-10-21(19)23/h2-14,20,22,25H,1H3. The van der Waals surface area contributed by atoms with Crippen molar-refractivity contribution in [3.8, 4) is 6.07 Å². The van der Waals surface area contributed by atoms with Crippen molar-refractivity contribution in [3.05, 3.63) is 101 Å². The molecule has 6 heteroatoms. The highest BCUT2D eigenvalue weighted by Gasteiger charge is 2.31. The topological polar surface area (TPSA) is 70.0 Å². The minimum absolute atomic E-state index is 0.0873. The van der Waals surface area contributed by atoms with E-state index in [1.165, 1.54) is 30.3 Å². The fraction of sp³-hybridized carbons (Fsp3) is 0.136. The SMILES string of the molecule is Cc1ccc(S(=O)(=O)NC(c2ccccc2)C(C#N)c2ccccc2F)cc1. The molecule has 3 aromatic rings. The Morgan fingerprint density at radius 1 is 0.929 bits per heavy atom. The van der Waals surface area contributed by atoms with Crippen LogP contribution in [0.1, 0.15) is 28.7 Å². The van der Waals surface area contributed by atoms with Crippen LogP contribution in [0.4, 0.5) is 4.39 Å². The first-order valence-corrected chi connectivity index (χ1v) is 10.2. The lowest BCUT2D eigenvalue weighted by atomic mass is 9.88. The predicted octanol–water partition coefficient (Wildman–Crippen LogP) is 4.46. The molecular formula is C22H19FN2O2S. The van der Waals surface area contributed by atoms with Gasteiger partial charge in [0.1, 0.15) is 5.82 Å². The highest BCUT2D eigenvalue weighted by molar-refractivity contribution is 7.89. The molecule has 4 nitrogen and oxygen atoms in total. The number of nitrogens with zero attached hydrogens (tertiary/aromatic N) is 1. The van der Waals surface area contributed by atoms with Gasteiger partial charge in [-0.05, 0) is 30.7 Å². The molecule has 142 valence electrons. The average Bonchev–Trinajstić information content (AvgIpc) is 2.70. The van der Waals surface area contributed by atoms with Gasteiger partial charge in [0.05, 0.1) is 22.9 Å². The minimum Gasteiger partial charge on any atom is -0.207 e. The number of sulfonamides is 1. The molecule has 28 heavy (non-hydrogen) atoms. The molecule has 0 aromatic heterocycles. The van der Waals surface area contributed by atoms with E-state index < -0.39 is 27.8 Å². The Kier molecular flexibility index (Phi) is 5.88. The molecule has 0 saturated heterocycles. The van der Waals surface area contributed by atoms with Crippen molar-refractivity contribution < 1.29 is 12.8 Å². The Bertz CT molecular complexity index is 1090. The van der Waals surface area contributed by atoms with E-state index >= 15 is 0 Å². The van der Waals surface area contributed by atoms with E-state index in [0.717, 1.165) is 5.56 Å². The van der Waals surface area contributed by atoms with Crippen LogP contribution in [0.15, 0.2) is 83.8 Å². The van der Waals surface area contributed by atoms with Crippen LogP contribution in [-0.4, -0.2) is 8.42 Å². The number of rotatable bonds is 6. The van der Waals surface area contributed by atoms with Gasteiger partial charge >= 0.3 is 0 Å². The Hall–Kier alpha value is -3.01. The third-order valence-corrected chi connectivity index (χ3v) is 5.94. The molecule has 0 spiro atoms. The molecule has 1 N–H and O–H groups in total. The van der Waals surface area contributed by atoms with E-state index in [9.17, 15) is 18.1 Å². The second-order valence-corrected chi connectivity index (χ2v) is 8.16. The molecule has 2 unspecified atom stereocenters. The van der Waals surface area contributed by atoms with E-state index in [2.05, 4.69) is 10.8 Å². The van der Waals surface area contributed by atoms with Crippen molar-refractivity contribution in [2.75, 3.05) is 0 Å². The third-order valence-electron chi connectivity index (χ3n) is 4.48. The summed E-state index contributed by atoms with van der Waals surface area (Å²) in [5, 5.41) is 9.79. The molecule has 0 radical (unpaired) electrons. The van der Waals surface area contributed by atoms with Gasteiger partial charge in [-0.15, -0.1) is 0 Å². The molecule has 3 aromatic carbocycles. The van der Waals surface area contributed by atoms with Gasteiger partial charge in [-0.2, -0.15) is 5.26 Å². The zero-order valence-corrected chi connectivity index (χ0v) is 16.0. The van der Waals surface area contributed by atoms with E-state index in [1.54, 1.807) is 48.5 Å².